The third-order valence-corrected chi connectivity index (χ3v) is 3.21. The lowest BCUT2D eigenvalue weighted by Gasteiger charge is -2.27. The maximum atomic E-state index is 5.67. The fourth-order valence-electron chi connectivity index (χ4n) is 1.52. The van der Waals surface area contributed by atoms with Gasteiger partial charge in [-0.05, 0) is 24.8 Å². The van der Waals surface area contributed by atoms with Crippen molar-refractivity contribution in [1.82, 2.24) is 4.98 Å². The molecule has 3 nitrogen and oxygen atoms in total. The summed E-state index contributed by atoms with van der Waals surface area (Å²) in [4.78, 5) is 6.52. The lowest BCUT2D eigenvalue weighted by atomic mass is 10.2. The second-order valence-corrected chi connectivity index (χ2v) is 4.46. The Kier molecular flexibility index (Phi) is 4.75. The van der Waals surface area contributed by atoms with E-state index in [0.717, 1.165) is 18.0 Å². The smallest absolute Gasteiger partial charge is 0.130 e. The molecule has 0 amide bonds. The summed E-state index contributed by atoms with van der Waals surface area (Å²) in [7, 11) is 2.08. The molecule has 84 valence electrons. The van der Waals surface area contributed by atoms with Gasteiger partial charge in [0.1, 0.15) is 11.6 Å². The molecular formula is C11H19N3S. The molecule has 0 bridgehead atoms. The van der Waals surface area contributed by atoms with Crippen molar-refractivity contribution < 1.29 is 0 Å². The molecule has 0 spiro atoms. The van der Waals surface area contributed by atoms with Crippen LogP contribution in [0.25, 0.3) is 0 Å². The summed E-state index contributed by atoms with van der Waals surface area (Å²) in [6.07, 6.45) is 3.25. The van der Waals surface area contributed by atoms with Crippen LogP contribution >= 0.6 is 11.8 Å². The second-order valence-electron chi connectivity index (χ2n) is 3.55. The third kappa shape index (κ3) is 3.30. The molecule has 0 aromatic carbocycles. The van der Waals surface area contributed by atoms with E-state index in [-0.39, 0.29) is 0 Å². The Morgan fingerprint density at radius 1 is 1.53 bits per heavy atom. The van der Waals surface area contributed by atoms with Gasteiger partial charge < -0.3 is 10.6 Å². The zero-order valence-electron chi connectivity index (χ0n) is 9.60. The SMILES string of the molecule is CCC(CSC)N(C)c1cccc(N)n1. The molecule has 2 N–H and O–H groups in total. The highest BCUT2D eigenvalue weighted by Gasteiger charge is 2.13. The number of rotatable bonds is 5. The minimum absolute atomic E-state index is 0.523. The van der Waals surface area contributed by atoms with E-state index >= 15 is 0 Å². The Hall–Kier alpha value is -0.900. The van der Waals surface area contributed by atoms with Crippen molar-refractivity contribution in [3.8, 4) is 0 Å². The van der Waals surface area contributed by atoms with E-state index in [1.54, 1.807) is 0 Å². The summed E-state index contributed by atoms with van der Waals surface area (Å²) in [5, 5.41) is 0. The number of thioether (sulfide) groups is 1. The lowest BCUT2D eigenvalue weighted by Crippen LogP contribution is -2.33. The minimum atomic E-state index is 0.523. The van der Waals surface area contributed by atoms with Crippen LogP contribution in [-0.2, 0) is 0 Å². The zero-order chi connectivity index (χ0) is 11.3. The molecule has 1 unspecified atom stereocenters. The normalized spacial score (nSPS) is 12.5. The first kappa shape index (κ1) is 12.2. The van der Waals surface area contributed by atoms with Gasteiger partial charge in [-0.1, -0.05) is 13.0 Å². The maximum absolute atomic E-state index is 5.67. The van der Waals surface area contributed by atoms with Crippen LogP contribution in [0.5, 0.6) is 0 Å². The molecule has 1 heterocycles. The summed E-state index contributed by atoms with van der Waals surface area (Å²) >= 11 is 1.86. The zero-order valence-corrected chi connectivity index (χ0v) is 10.4. The van der Waals surface area contributed by atoms with Gasteiger partial charge in [0.05, 0.1) is 0 Å². The number of nitrogen functional groups attached to an aromatic ring is 1. The molecule has 0 saturated heterocycles. The maximum Gasteiger partial charge on any atom is 0.130 e. The van der Waals surface area contributed by atoms with Crippen LogP contribution in [0.1, 0.15) is 13.3 Å². The van der Waals surface area contributed by atoms with E-state index in [4.69, 9.17) is 5.73 Å². The minimum Gasteiger partial charge on any atom is -0.384 e. The van der Waals surface area contributed by atoms with Crippen molar-refractivity contribution in [2.45, 2.75) is 19.4 Å². The molecule has 15 heavy (non-hydrogen) atoms. The molecule has 1 rings (SSSR count). The number of nitrogens with zero attached hydrogens (tertiary/aromatic N) is 2. The largest absolute Gasteiger partial charge is 0.384 e. The van der Waals surface area contributed by atoms with Crippen LogP contribution in [-0.4, -0.2) is 30.1 Å². The van der Waals surface area contributed by atoms with Crippen LogP contribution < -0.4 is 10.6 Å². The molecule has 0 aliphatic heterocycles. The number of aromatic nitrogens is 1. The molecule has 0 saturated carbocycles. The van der Waals surface area contributed by atoms with Crippen LogP contribution in [0.4, 0.5) is 11.6 Å². The fourth-order valence-corrected chi connectivity index (χ4v) is 2.36. The van der Waals surface area contributed by atoms with Crippen molar-refractivity contribution in [3.63, 3.8) is 0 Å². The number of hydrogen-bond acceptors (Lipinski definition) is 4. The van der Waals surface area contributed by atoms with Crippen LogP contribution in [0.2, 0.25) is 0 Å². The molecule has 1 atom stereocenters. The van der Waals surface area contributed by atoms with Gasteiger partial charge in [-0.2, -0.15) is 11.8 Å². The van der Waals surface area contributed by atoms with Gasteiger partial charge in [0.15, 0.2) is 0 Å². The van der Waals surface area contributed by atoms with E-state index in [1.165, 1.54) is 0 Å². The molecule has 0 aliphatic rings. The molecule has 1 aromatic rings. The van der Waals surface area contributed by atoms with Crippen molar-refractivity contribution in [2.24, 2.45) is 0 Å². The van der Waals surface area contributed by atoms with Crippen LogP contribution in [0, 0.1) is 0 Å². The number of pyridine rings is 1. The van der Waals surface area contributed by atoms with E-state index < -0.39 is 0 Å². The highest BCUT2D eigenvalue weighted by molar-refractivity contribution is 7.98. The summed E-state index contributed by atoms with van der Waals surface area (Å²) in [6.45, 7) is 2.20. The summed E-state index contributed by atoms with van der Waals surface area (Å²) < 4.78 is 0. The Bertz CT molecular complexity index is 304. The van der Waals surface area contributed by atoms with Crippen molar-refractivity contribution in [1.29, 1.82) is 0 Å². The van der Waals surface area contributed by atoms with Gasteiger partial charge in [-0.15, -0.1) is 0 Å². The Morgan fingerprint density at radius 3 is 2.80 bits per heavy atom. The first-order chi connectivity index (χ1) is 7.19. The van der Waals surface area contributed by atoms with Gasteiger partial charge >= 0.3 is 0 Å². The van der Waals surface area contributed by atoms with Gasteiger partial charge in [-0.25, -0.2) is 4.98 Å². The Balaban J connectivity index is 2.77. The first-order valence-corrected chi connectivity index (χ1v) is 6.52. The third-order valence-electron chi connectivity index (χ3n) is 2.50. The predicted octanol–water partition coefficient (Wildman–Crippen LogP) is 2.24. The van der Waals surface area contributed by atoms with Crippen molar-refractivity contribution in [2.75, 3.05) is 29.7 Å². The van der Waals surface area contributed by atoms with E-state index in [9.17, 15) is 0 Å². The molecule has 4 heteroatoms. The monoisotopic (exact) mass is 225 g/mol. The molecule has 1 aromatic heterocycles. The number of anilines is 2. The Labute approximate surface area is 96.1 Å². The fraction of sp³-hybridized carbons (Fsp3) is 0.545. The van der Waals surface area contributed by atoms with Gasteiger partial charge in [0, 0.05) is 18.8 Å². The van der Waals surface area contributed by atoms with Crippen molar-refractivity contribution >= 4 is 23.4 Å². The standard InChI is InChI=1S/C11H19N3S/c1-4-9(8-15-3)14(2)11-7-5-6-10(12)13-11/h5-7,9H,4,8H2,1-3H3,(H2,12,13). The number of hydrogen-bond donors (Lipinski definition) is 1. The van der Waals surface area contributed by atoms with Gasteiger partial charge in [0.25, 0.3) is 0 Å². The number of nitrogens with two attached hydrogens (primary N) is 1. The first-order valence-electron chi connectivity index (χ1n) is 5.13. The average Bonchev–Trinajstić information content (AvgIpc) is 2.25. The summed E-state index contributed by atoms with van der Waals surface area (Å²) in [5.41, 5.74) is 5.67. The quantitative estimate of drug-likeness (QED) is 0.834. The molecule has 0 aliphatic carbocycles. The van der Waals surface area contributed by atoms with E-state index in [1.807, 2.05) is 30.0 Å². The van der Waals surface area contributed by atoms with E-state index in [2.05, 4.69) is 30.1 Å². The van der Waals surface area contributed by atoms with Gasteiger partial charge in [-0.3, -0.25) is 0 Å². The second kappa shape index (κ2) is 5.85. The lowest BCUT2D eigenvalue weighted by molar-refractivity contribution is 0.666. The topological polar surface area (TPSA) is 42.1 Å². The van der Waals surface area contributed by atoms with Crippen LogP contribution in [0.15, 0.2) is 18.2 Å². The highest BCUT2D eigenvalue weighted by Crippen LogP contribution is 2.17. The van der Waals surface area contributed by atoms with E-state index in [0.29, 0.717) is 11.9 Å². The van der Waals surface area contributed by atoms with Crippen LogP contribution in [0.3, 0.4) is 0 Å². The average molecular weight is 225 g/mol. The molecule has 0 fully saturated rings. The predicted molar refractivity (Wildman–Crippen MR) is 69.5 cm³/mol. The molecular weight excluding hydrogens is 206 g/mol. The Morgan fingerprint density at radius 2 is 2.27 bits per heavy atom. The summed E-state index contributed by atoms with van der Waals surface area (Å²) in [5.74, 6) is 2.65. The highest BCUT2D eigenvalue weighted by atomic mass is 32.2. The van der Waals surface area contributed by atoms with Crippen molar-refractivity contribution in [3.05, 3.63) is 18.2 Å². The molecule has 0 radical (unpaired) electrons. The summed E-state index contributed by atoms with van der Waals surface area (Å²) in [6, 6.07) is 6.28. The van der Waals surface area contributed by atoms with Gasteiger partial charge in [0.2, 0.25) is 0 Å².